The summed E-state index contributed by atoms with van der Waals surface area (Å²) in [5.74, 6) is 2.58. The van der Waals surface area contributed by atoms with Crippen LogP contribution in [0.1, 0.15) is 65.5 Å². The number of nitrogens with one attached hydrogen (secondary N) is 2. The van der Waals surface area contributed by atoms with E-state index in [-0.39, 0.29) is 24.0 Å². The number of guanidine groups is 1. The monoisotopic (exact) mass is 494 g/mol. The second-order valence-electron chi connectivity index (χ2n) is 8.01. The molecule has 1 heterocycles. The third-order valence-corrected chi connectivity index (χ3v) is 4.23. The molecule has 0 radical (unpaired) electrons. The van der Waals surface area contributed by atoms with Crippen LogP contribution >= 0.6 is 24.0 Å². The molecule has 1 atom stereocenters. The van der Waals surface area contributed by atoms with Gasteiger partial charge in [-0.05, 0) is 45.4 Å². The van der Waals surface area contributed by atoms with Gasteiger partial charge in [0, 0.05) is 32.8 Å². The molecule has 0 aromatic carbocycles. The Balaban J connectivity index is 0.00000676. The van der Waals surface area contributed by atoms with Crippen LogP contribution in [0.4, 0.5) is 0 Å². The van der Waals surface area contributed by atoms with Gasteiger partial charge in [0.25, 0.3) is 0 Å². The molecule has 1 aromatic rings. The van der Waals surface area contributed by atoms with Gasteiger partial charge in [0.2, 0.25) is 0 Å². The van der Waals surface area contributed by atoms with Gasteiger partial charge in [-0.15, -0.1) is 34.2 Å². The third-order valence-electron chi connectivity index (χ3n) is 4.23. The number of aryl methyl sites for hydroxylation is 1. The molecule has 0 amide bonds. The average Bonchev–Trinajstić information content (AvgIpc) is 2.88. The van der Waals surface area contributed by atoms with E-state index in [0.717, 1.165) is 50.2 Å². The summed E-state index contributed by atoms with van der Waals surface area (Å²) in [5.41, 5.74) is 0.342. The summed E-state index contributed by atoms with van der Waals surface area (Å²) in [5, 5.41) is 15.2. The van der Waals surface area contributed by atoms with Gasteiger partial charge in [-0.3, -0.25) is 0 Å². The average molecular weight is 494 g/mol. The highest BCUT2D eigenvalue weighted by molar-refractivity contribution is 14.0. The summed E-state index contributed by atoms with van der Waals surface area (Å²) in [4.78, 5) is 4.70. The smallest absolute Gasteiger partial charge is 0.191 e. The van der Waals surface area contributed by atoms with Crippen LogP contribution in [0.25, 0.3) is 0 Å². The fourth-order valence-corrected chi connectivity index (χ4v) is 2.37. The van der Waals surface area contributed by atoms with E-state index in [2.05, 4.69) is 48.5 Å². The molecule has 0 aliphatic heterocycles. The first-order chi connectivity index (χ1) is 12.2. The molecule has 0 saturated carbocycles. The number of hydrogen-bond donors (Lipinski definition) is 2. The van der Waals surface area contributed by atoms with Gasteiger partial charge >= 0.3 is 0 Å². The minimum atomic E-state index is 0. The first-order valence-corrected chi connectivity index (χ1v) is 9.70. The van der Waals surface area contributed by atoms with Gasteiger partial charge in [0.15, 0.2) is 11.8 Å². The quantitative estimate of drug-likeness (QED) is 0.226. The van der Waals surface area contributed by atoms with Crippen molar-refractivity contribution in [1.82, 2.24) is 25.4 Å². The van der Waals surface area contributed by atoms with E-state index < -0.39 is 0 Å². The predicted molar refractivity (Wildman–Crippen MR) is 123 cm³/mol. The maximum atomic E-state index is 5.40. The van der Waals surface area contributed by atoms with Crippen molar-refractivity contribution in [3.8, 4) is 0 Å². The lowest BCUT2D eigenvalue weighted by Gasteiger charge is -2.23. The van der Waals surface area contributed by atoms with Crippen LogP contribution in [0.15, 0.2) is 4.99 Å². The molecule has 0 aliphatic rings. The molecule has 0 bridgehead atoms. The van der Waals surface area contributed by atoms with Gasteiger partial charge in [-0.25, -0.2) is 4.99 Å². The Labute approximate surface area is 182 Å². The maximum Gasteiger partial charge on any atom is 0.191 e. The van der Waals surface area contributed by atoms with Crippen molar-refractivity contribution in [2.75, 3.05) is 19.8 Å². The van der Waals surface area contributed by atoms with Crippen molar-refractivity contribution >= 4 is 29.9 Å². The van der Waals surface area contributed by atoms with Gasteiger partial charge < -0.3 is 19.9 Å². The molecule has 8 heteroatoms. The van der Waals surface area contributed by atoms with Gasteiger partial charge in [-0.1, -0.05) is 20.8 Å². The van der Waals surface area contributed by atoms with E-state index in [1.807, 2.05) is 25.5 Å². The van der Waals surface area contributed by atoms with Gasteiger partial charge in [-0.2, -0.15) is 0 Å². The number of hydrogen-bond acceptors (Lipinski definition) is 4. The number of ether oxygens (including phenoxy) is 1. The summed E-state index contributed by atoms with van der Waals surface area (Å²) in [6.45, 7) is 15.8. The Morgan fingerprint density at radius 3 is 2.56 bits per heavy atom. The van der Waals surface area contributed by atoms with E-state index in [9.17, 15) is 0 Å². The molecule has 27 heavy (non-hydrogen) atoms. The summed E-state index contributed by atoms with van der Waals surface area (Å²) in [7, 11) is 1.97. The molecular formula is C19H39IN6O. The zero-order valence-corrected chi connectivity index (χ0v) is 20.5. The minimum absolute atomic E-state index is 0. The molecule has 0 saturated heterocycles. The molecule has 7 nitrogen and oxygen atoms in total. The predicted octanol–water partition coefficient (Wildman–Crippen LogP) is 3.42. The number of rotatable bonds is 10. The minimum Gasteiger partial charge on any atom is -0.382 e. The van der Waals surface area contributed by atoms with E-state index >= 15 is 0 Å². The number of nitrogens with zero attached hydrogens (tertiary/aromatic N) is 4. The Morgan fingerprint density at radius 1 is 1.30 bits per heavy atom. The van der Waals surface area contributed by atoms with Crippen molar-refractivity contribution in [1.29, 1.82) is 0 Å². The second-order valence-corrected chi connectivity index (χ2v) is 8.01. The molecule has 0 aliphatic carbocycles. The number of halogens is 1. The fraction of sp³-hybridized carbons (Fsp3) is 0.842. The van der Waals surface area contributed by atoms with Crippen molar-refractivity contribution in [2.24, 2.45) is 17.5 Å². The summed E-state index contributed by atoms with van der Waals surface area (Å²) < 4.78 is 7.37. The van der Waals surface area contributed by atoms with Crippen LogP contribution in [-0.2, 0) is 18.3 Å². The molecular weight excluding hydrogens is 455 g/mol. The second kappa shape index (κ2) is 13.3. The summed E-state index contributed by atoms with van der Waals surface area (Å²) in [6.07, 6.45) is 3.22. The Morgan fingerprint density at radius 2 is 2.00 bits per heavy atom. The number of aliphatic imine (C=N–C) groups is 1. The molecule has 1 aromatic heterocycles. The van der Waals surface area contributed by atoms with Crippen molar-refractivity contribution in [3.05, 3.63) is 11.6 Å². The Kier molecular flexibility index (Phi) is 12.9. The summed E-state index contributed by atoms with van der Waals surface area (Å²) in [6, 6.07) is 0.355. The molecule has 2 N–H and O–H groups in total. The lowest BCUT2D eigenvalue weighted by molar-refractivity contribution is 0.145. The highest BCUT2D eigenvalue weighted by atomic mass is 127. The molecule has 0 fully saturated rings. The highest BCUT2D eigenvalue weighted by Crippen LogP contribution is 2.21. The van der Waals surface area contributed by atoms with Crippen LogP contribution in [0, 0.1) is 12.3 Å². The fourth-order valence-electron chi connectivity index (χ4n) is 2.37. The number of aromatic nitrogens is 3. The summed E-state index contributed by atoms with van der Waals surface area (Å²) >= 11 is 0. The standard InChI is InChI=1S/C19H38N6O.HI/c1-8-26-13-9-12-20-18(22-15(2)10-11-19(4,5)6)21-14-17-24-23-16(3)25(17)7;/h15H,8-14H2,1-7H3,(H2,20,21,22);1H. The zero-order chi connectivity index (χ0) is 19.6. The van der Waals surface area contributed by atoms with Gasteiger partial charge in [0.1, 0.15) is 12.4 Å². The van der Waals surface area contributed by atoms with Crippen molar-refractivity contribution in [3.63, 3.8) is 0 Å². The van der Waals surface area contributed by atoms with Crippen LogP contribution < -0.4 is 10.6 Å². The van der Waals surface area contributed by atoms with E-state index in [0.29, 0.717) is 18.0 Å². The molecule has 0 spiro atoms. The SMILES string of the molecule is CCOCCCNC(=NCc1nnc(C)n1C)NC(C)CCC(C)(C)C.I. The first kappa shape index (κ1) is 26.1. The Hall–Kier alpha value is -0.900. The van der Waals surface area contributed by atoms with Gasteiger partial charge in [0.05, 0.1) is 0 Å². The third kappa shape index (κ3) is 11.5. The van der Waals surface area contributed by atoms with Crippen LogP contribution in [-0.4, -0.2) is 46.5 Å². The molecule has 1 unspecified atom stereocenters. The lowest BCUT2D eigenvalue weighted by Crippen LogP contribution is -2.43. The van der Waals surface area contributed by atoms with Crippen LogP contribution in [0.2, 0.25) is 0 Å². The van der Waals surface area contributed by atoms with E-state index in [4.69, 9.17) is 9.73 Å². The lowest BCUT2D eigenvalue weighted by atomic mass is 9.89. The van der Waals surface area contributed by atoms with Crippen molar-refractivity contribution < 1.29 is 4.74 Å². The molecule has 1 rings (SSSR count). The van der Waals surface area contributed by atoms with Crippen LogP contribution in [0.5, 0.6) is 0 Å². The van der Waals surface area contributed by atoms with E-state index in [1.54, 1.807) is 0 Å². The first-order valence-electron chi connectivity index (χ1n) is 9.70. The molecule has 158 valence electrons. The highest BCUT2D eigenvalue weighted by Gasteiger charge is 2.13. The maximum absolute atomic E-state index is 5.40. The van der Waals surface area contributed by atoms with Crippen molar-refractivity contribution in [2.45, 2.75) is 73.4 Å². The largest absolute Gasteiger partial charge is 0.382 e. The Bertz CT molecular complexity index is 553. The van der Waals surface area contributed by atoms with E-state index in [1.165, 1.54) is 6.42 Å². The zero-order valence-electron chi connectivity index (χ0n) is 18.1. The van der Waals surface area contributed by atoms with Crippen LogP contribution in [0.3, 0.4) is 0 Å². The topological polar surface area (TPSA) is 76.4 Å². The normalized spacial score (nSPS) is 13.2.